The zero-order valence-corrected chi connectivity index (χ0v) is 10.7. The molecule has 1 aliphatic heterocycles. The summed E-state index contributed by atoms with van der Waals surface area (Å²) in [7, 11) is 1.62. The Balaban J connectivity index is 2.02. The molecular weight excluding hydrogens is 250 g/mol. The number of nitrogens with two attached hydrogens (primary N) is 1. The summed E-state index contributed by atoms with van der Waals surface area (Å²) < 4.78 is 5.07. The lowest BCUT2D eigenvalue weighted by Crippen LogP contribution is -2.41. The van der Waals surface area contributed by atoms with E-state index < -0.39 is 5.91 Å². The lowest BCUT2D eigenvalue weighted by atomic mass is 10.2. The average Bonchev–Trinajstić information content (AvgIpc) is 3.06. The van der Waals surface area contributed by atoms with Crippen molar-refractivity contribution < 1.29 is 14.1 Å². The van der Waals surface area contributed by atoms with Crippen molar-refractivity contribution in [1.29, 1.82) is 0 Å². The molecule has 1 aromatic heterocycles. The number of likely N-dealkylation sites (tertiary alicyclic amines) is 1. The summed E-state index contributed by atoms with van der Waals surface area (Å²) in [6.07, 6.45) is 1.78. The summed E-state index contributed by atoms with van der Waals surface area (Å²) >= 11 is 0. The van der Waals surface area contributed by atoms with E-state index in [1.165, 1.54) is 6.07 Å². The molecule has 0 aliphatic carbocycles. The smallest absolute Gasteiger partial charge is 0.287 e. The van der Waals surface area contributed by atoms with Crippen molar-refractivity contribution in [3.05, 3.63) is 17.5 Å². The van der Waals surface area contributed by atoms with Gasteiger partial charge in [-0.15, -0.1) is 0 Å². The highest BCUT2D eigenvalue weighted by Gasteiger charge is 2.30. The van der Waals surface area contributed by atoms with Gasteiger partial charge >= 0.3 is 0 Å². The zero-order valence-electron chi connectivity index (χ0n) is 10.7. The van der Waals surface area contributed by atoms with Gasteiger partial charge < -0.3 is 9.84 Å². The predicted molar refractivity (Wildman–Crippen MR) is 65.7 cm³/mol. The number of amides is 2. The van der Waals surface area contributed by atoms with Crippen LogP contribution in [0.15, 0.2) is 10.6 Å². The van der Waals surface area contributed by atoms with Crippen molar-refractivity contribution >= 4 is 11.8 Å². The van der Waals surface area contributed by atoms with E-state index >= 15 is 0 Å². The van der Waals surface area contributed by atoms with E-state index in [1.54, 1.807) is 7.05 Å². The van der Waals surface area contributed by atoms with Crippen molar-refractivity contribution in [3.63, 3.8) is 0 Å². The fourth-order valence-corrected chi connectivity index (χ4v) is 2.25. The minimum atomic E-state index is -0.501. The quantitative estimate of drug-likeness (QED) is 0.366. The molecule has 1 saturated heterocycles. The van der Waals surface area contributed by atoms with Crippen LogP contribution in [0.4, 0.5) is 0 Å². The second-order valence-corrected chi connectivity index (χ2v) is 4.39. The van der Waals surface area contributed by atoms with Gasteiger partial charge in [-0.3, -0.25) is 19.9 Å². The van der Waals surface area contributed by atoms with Gasteiger partial charge in [0.25, 0.3) is 5.91 Å². The minimum absolute atomic E-state index is 0.00283. The van der Waals surface area contributed by atoms with Gasteiger partial charge in [-0.2, -0.15) is 0 Å². The Morgan fingerprint density at radius 3 is 3.11 bits per heavy atom. The van der Waals surface area contributed by atoms with Crippen molar-refractivity contribution in [1.82, 2.24) is 20.8 Å². The summed E-state index contributed by atoms with van der Waals surface area (Å²) in [6.45, 7) is 1.26. The number of nitrogens with zero attached hydrogens (tertiary/aromatic N) is 2. The second-order valence-electron chi connectivity index (χ2n) is 4.39. The Hall–Kier alpha value is -1.93. The van der Waals surface area contributed by atoms with E-state index in [0.29, 0.717) is 12.3 Å². The van der Waals surface area contributed by atoms with Crippen LogP contribution in [0.5, 0.6) is 0 Å². The van der Waals surface area contributed by atoms with Gasteiger partial charge in [-0.1, -0.05) is 5.16 Å². The Bertz CT molecular complexity index is 473. The maximum Gasteiger partial charge on any atom is 0.287 e. The summed E-state index contributed by atoms with van der Waals surface area (Å²) in [5, 5.41) is 6.27. The van der Waals surface area contributed by atoms with E-state index in [-0.39, 0.29) is 17.6 Å². The SMILES string of the molecule is CNC(=O)C1CCCN1Cc1cc(C(=O)NN)no1. The first kappa shape index (κ1) is 13.5. The first-order valence-corrected chi connectivity index (χ1v) is 6.08. The maximum absolute atomic E-state index is 11.7. The number of nitrogens with one attached hydrogen (secondary N) is 2. The van der Waals surface area contributed by atoms with Crippen LogP contribution >= 0.6 is 0 Å². The fraction of sp³-hybridized carbons (Fsp3) is 0.545. The summed E-state index contributed by atoms with van der Waals surface area (Å²) in [4.78, 5) is 24.9. The molecule has 2 rings (SSSR count). The van der Waals surface area contributed by atoms with E-state index in [0.717, 1.165) is 19.4 Å². The molecule has 4 N–H and O–H groups in total. The van der Waals surface area contributed by atoms with Crippen molar-refractivity contribution in [3.8, 4) is 0 Å². The monoisotopic (exact) mass is 267 g/mol. The number of carbonyl (C=O) groups is 2. The molecule has 2 amide bonds. The molecule has 2 heterocycles. The highest BCUT2D eigenvalue weighted by Crippen LogP contribution is 2.20. The molecule has 1 fully saturated rings. The normalized spacial score (nSPS) is 19.4. The first-order chi connectivity index (χ1) is 9.15. The lowest BCUT2D eigenvalue weighted by Gasteiger charge is -2.21. The third-order valence-electron chi connectivity index (χ3n) is 3.19. The Kier molecular flexibility index (Phi) is 4.13. The van der Waals surface area contributed by atoms with E-state index in [1.807, 2.05) is 10.3 Å². The molecule has 0 radical (unpaired) electrons. The van der Waals surface area contributed by atoms with Crippen LogP contribution in [0.3, 0.4) is 0 Å². The maximum atomic E-state index is 11.7. The molecule has 1 aromatic rings. The number of nitrogen functional groups attached to an aromatic ring is 1. The third-order valence-corrected chi connectivity index (χ3v) is 3.19. The van der Waals surface area contributed by atoms with E-state index in [9.17, 15) is 9.59 Å². The highest BCUT2D eigenvalue weighted by atomic mass is 16.5. The van der Waals surface area contributed by atoms with Crippen LogP contribution in [0.1, 0.15) is 29.1 Å². The van der Waals surface area contributed by atoms with Gasteiger partial charge in [-0.05, 0) is 19.4 Å². The Labute approximate surface area is 110 Å². The van der Waals surface area contributed by atoms with Crippen LogP contribution in [0.25, 0.3) is 0 Å². The van der Waals surface area contributed by atoms with Gasteiger partial charge in [0.2, 0.25) is 5.91 Å². The predicted octanol–water partition coefficient (Wildman–Crippen LogP) is -1.01. The zero-order chi connectivity index (χ0) is 13.8. The summed E-state index contributed by atoms with van der Waals surface area (Å²) in [6, 6.07) is 1.38. The van der Waals surface area contributed by atoms with Crippen molar-refractivity contribution in [2.45, 2.75) is 25.4 Å². The Morgan fingerprint density at radius 1 is 1.63 bits per heavy atom. The van der Waals surface area contributed by atoms with E-state index in [2.05, 4.69) is 10.5 Å². The van der Waals surface area contributed by atoms with Gasteiger partial charge in [0.05, 0.1) is 12.6 Å². The number of rotatable bonds is 4. The number of hydrogen-bond acceptors (Lipinski definition) is 6. The molecule has 8 nitrogen and oxygen atoms in total. The van der Waals surface area contributed by atoms with E-state index in [4.69, 9.17) is 10.4 Å². The molecule has 0 spiro atoms. The number of hydrazine groups is 1. The molecule has 19 heavy (non-hydrogen) atoms. The minimum Gasteiger partial charge on any atom is -0.359 e. The molecule has 1 aliphatic rings. The molecule has 8 heteroatoms. The Morgan fingerprint density at radius 2 is 2.42 bits per heavy atom. The van der Waals surface area contributed by atoms with Crippen molar-refractivity contribution in [2.24, 2.45) is 5.84 Å². The molecule has 104 valence electrons. The molecule has 0 aromatic carbocycles. The number of carbonyl (C=O) groups excluding carboxylic acids is 2. The third kappa shape index (κ3) is 2.91. The number of hydrogen-bond donors (Lipinski definition) is 3. The molecule has 0 saturated carbocycles. The molecule has 1 unspecified atom stereocenters. The van der Waals surface area contributed by atoms with Gasteiger partial charge in [-0.25, -0.2) is 5.84 Å². The van der Waals surface area contributed by atoms with Crippen LogP contribution in [-0.2, 0) is 11.3 Å². The standard InChI is InChI=1S/C11H17N5O3/c1-13-11(18)9-3-2-4-16(9)6-7-5-8(15-19-7)10(17)14-12/h5,9H,2-4,6,12H2,1H3,(H,13,18)(H,14,17). The highest BCUT2D eigenvalue weighted by molar-refractivity contribution is 5.91. The van der Waals surface area contributed by atoms with Crippen LogP contribution < -0.4 is 16.6 Å². The van der Waals surface area contributed by atoms with Crippen LogP contribution in [0.2, 0.25) is 0 Å². The first-order valence-electron chi connectivity index (χ1n) is 6.08. The van der Waals surface area contributed by atoms with Gasteiger partial charge in [0.15, 0.2) is 11.5 Å². The van der Waals surface area contributed by atoms with Crippen molar-refractivity contribution in [2.75, 3.05) is 13.6 Å². The largest absolute Gasteiger partial charge is 0.359 e. The van der Waals surface area contributed by atoms with Gasteiger partial charge in [0.1, 0.15) is 0 Å². The number of likely N-dealkylation sites (N-methyl/N-ethyl adjacent to an activating group) is 1. The number of aromatic nitrogens is 1. The molecular formula is C11H17N5O3. The second kappa shape index (κ2) is 5.81. The average molecular weight is 267 g/mol. The summed E-state index contributed by atoms with van der Waals surface area (Å²) in [5.41, 5.74) is 2.12. The summed E-state index contributed by atoms with van der Waals surface area (Å²) in [5.74, 6) is 5.05. The topological polar surface area (TPSA) is 113 Å². The molecule has 1 atom stereocenters. The fourth-order valence-electron chi connectivity index (χ4n) is 2.25. The van der Waals surface area contributed by atoms with Crippen LogP contribution in [0, 0.1) is 0 Å². The van der Waals surface area contributed by atoms with Gasteiger partial charge in [0, 0.05) is 13.1 Å². The molecule has 0 bridgehead atoms. The van der Waals surface area contributed by atoms with Crippen LogP contribution in [-0.4, -0.2) is 41.5 Å². The lowest BCUT2D eigenvalue weighted by molar-refractivity contribution is -0.125.